The molecule has 0 saturated carbocycles. The van der Waals surface area contributed by atoms with Gasteiger partial charge in [0.25, 0.3) is 0 Å². The van der Waals surface area contributed by atoms with Crippen molar-refractivity contribution in [2.24, 2.45) is 5.41 Å². The highest BCUT2D eigenvalue weighted by Crippen LogP contribution is 2.18. The molecule has 0 radical (unpaired) electrons. The summed E-state index contributed by atoms with van der Waals surface area (Å²) in [4.78, 5) is 26.8. The van der Waals surface area contributed by atoms with Gasteiger partial charge in [0, 0.05) is 6.20 Å². The zero-order valence-corrected chi connectivity index (χ0v) is 10.1. The molecule has 1 atom stereocenters. The summed E-state index contributed by atoms with van der Waals surface area (Å²) in [6.45, 7) is 4.50. The number of carbonyl (C=O) groups excluding carboxylic acids is 1. The van der Waals surface area contributed by atoms with Gasteiger partial charge in [-0.05, 0) is 32.9 Å². The summed E-state index contributed by atoms with van der Waals surface area (Å²) < 4.78 is 0. The van der Waals surface area contributed by atoms with Crippen LogP contribution in [0.3, 0.4) is 0 Å². The molecule has 0 spiro atoms. The molecule has 0 saturated heterocycles. The summed E-state index contributed by atoms with van der Waals surface area (Å²) in [5.41, 5.74) is -0.745. The number of carboxylic acid groups (broad SMARTS) is 1. The summed E-state index contributed by atoms with van der Waals surface area (Å²) in [5, 5.41) is 11.6. The quantitative estimate of drug-likeness (QED) is 0.774. The molecule has 0 aromatic carbocycles. The maximum atomic E-state index is 11.8. The third-order valence-corrected chi connectivity index (χ3v) is 2.58. The molecule has 0 fully saturated rings. The smallest absolute Gasteiger partial charge is 0.318 e. The van der Waals surface area contributed by atoms with Crippen molar-refractivity contribution in [3.05, 3.63) is 30.1 Å². The molecule has 1 unspecified atom stereocenters. The van der Waals surface area contributed by atoms with Gasteiger partial charge in [-0.3, -0.25) is 14.6 Å². The van der Waals surface area contributed by atoms with E-state index in [1.807, 2.05) is 6.07 Å². The van der Waals surface area contributed by atoms with E-state index >= 15 is 0 Å². The Labute approximate surface area is 99.9 Å². The maximum absolute atomic E-state index is 11.8. The SMILES string of the molecule is CC(NC(=O)C(C)(C)C(=O)O)c1ccccn1. The Morgan fingerprint density at radius 1 is 1.41 bits per heavy atom. The first kappa shape index (κ1) is 13.2. The van der Waals surface area contributed by atoms with E-state index in [1.54, 1.807) is 25.3 Å². The minimum atomic E-state index is -1.44. The van der Waals surface area contributed by atoms with Crippen molar-refractivity contribution in [3.63, 3.8) is 0 Å². The zero-order chi connectivity index (χ0) is 13.1. The molecule has 1 aromatic heterocycles. The van der Waals surface area contributed by atoms with Crippen LogP contribution >= 0.6 is 0 Å². The Morgan fingerprint density at radius 2 is 2.06 bits per heavy atom. The first-order valence-electron chi connectivity index (χ1n) is 5.31. The number of aromatic nitrogens is 1. The number of hydrogen-bond acceptors (Lipinski definition) is 3. The highest BCUT2D eigenvalue weighted by Gasteiger charge is 2.36. The summed E-state index contributed by atoms with van der Waals surface area (Å²) in [6, 6.07) is 5.05. The number of pyridine rings is 1. The van der Waals surface area contributed by atoms with Gasteiger partial charge in [-0.1, -0.05) is 6.07 Å². The van der Waals surface area contributed by atoms with Crippen molar-refractivity contribution in [1.82, 2.24) is 10.3 Å². The van der Waals surface area contributed by atoms with Crippen LogP contribution in [0, 0.1) is 5.41 Å². The lowest BCUT2D eigenvalue weighted by atomic mass is 9.92. The van der Waals surface area contributed by atoms with Crippen molar-refractivity contribution in [3.8, 4) is 0 Å². The summed E-state index contributed by atoms with van der Waals surface area (Å²) >= 11 is 0. The van der Waals surface area contributed by atoms with E-state index in [0.717, 1.165) is 0 Å². The Morgan fingerprint density at radius 3 is 2.53 bits per heavy atom. The predicted octanol–water partition coefficient (Wildman–Crippen LogP) is 1.37. The largest absolute Gasteiger partial charge is 0.480 e. The molecule has 92 valence electrons. The molecule has 0 bridgehead atoms. The molecular weight excluding hydrogens is 220 g/mol. The fraction of sp³-hybridized carbons (Fsp3) is 0.417. The van der Waals surface area contributed by atoms with E-state index in [0.29, 0.717) is 5.69 Å². The topological polar surface area (TPSA) is 79.3 Å². The molecule has 1 amide bonds. The fourth-order valence-corrected chi connectivity index (χ4v) is 1.18. The molecule has 0 aliphatic carbocycles. The van der Waals surface area contributed by atoms with Crippen LogP contribution in [0.1, 0.15) is 32.5 Å². The van der Waals surface area contributed by atoms with Crippen molar-refractivity contribution in [2.45, 2.75) is 26.8 Å². The third-order valence-electron chi connectivity index (χ3n) is 2.58. The molecule has 1 aromatic rings. The Kier molecular flexibility index (Phi) is 3.83. The van der Waals surface area contributed by atoms with Crippen molar-refractivity contribution >= 4 is 11.9 Å². The number of aliphatic carboxylic acids is 1. The molecule has 17 heavy (non-hydrogen) atoms. The first-order chi connectivity index (χ1) is 7.85. The van der Waals surface area contributed by atoms with Gasteiger partial charge >= 0.3 is 5.97 Å². The lowest BCUT2D eigenvalue weighted by molar-refractivity contribution is -0.153. The van der Waals surface area contributed by atoms with Crippen LogP contribution < -0.4 is 5.32 Å². The van der Waals surface area contributed by atoms with E-state index in [2.05, 4.69) is 10.3 Å². The van der Waals surface area contributed by atoms with Crippen LogP contribution in [0.4, 0.5) is 0 Å². The maximum Gasteiger partial charge on any atom is 0.318 e. The fourth-order valence-electron chi connectivity index (χ4n) is 1.18. The molecular formula is C12H16N2O3. The van der Waals surface area contributed by atoms with Gasteiger partial charge in [0.15, 0.2) is 0 Å². The highest BCUT2D eigenvalue weighted by atomic mass is 16.4. The van der Waals surface area contributed by atoms with Gasteiger partial charge in [-0.25, -0.2) is 0 Å². The van der Waals surface area contributed by atoms with Crippen LogP contribution in [0.2, 0.25) is 0 Å². The lowest BCUT2D eigenvalue weighted by Crippen LogP contribution is -2.43. The van der Waals surface area contributed by atoms with E-state index < -0.39 is 17.3 Å². The zero-order valence-electron chi connectivity index (χ0n) is 10.1. The third kappa shape index (κ3) is 3.03. The molecule has 1 heterocycles. The standard InChI is InChI=1S/C12H16N2O3/c1-8(9-6-4-5-7-13-9)14-10(15)12(2,3)11(16)17/h4-8H,1-3H3,(H,14,15)(H,16,17). The van der Waals surface area contributed by atoms with Crippen molar-refractivity contribution in [2.75, 3.05) is 0 Å². The number of nitrogens with one attached hydrogen (secondary N) is 1. The van der Waals surface area contributed by atoms with Gasteiger partial charge in [0.1, 0.15) is 5.41 Å². The molecule has 5 nitrogen and oxygen atoms in total. The van der Waals surface area contributed by atoms with Gasteiger partial charge < -0.3 is 10.4 Å². The van der Waals surface area contributed by atoms with Crippen LogP contribution in [-0.4, -0.2) is 22.0 Å². The number of rotatable bonds is 4. The summed E-state index contributed by atoms with van der Waals surface area (Å²) in [6.07, 6.45) is 1.63. The first-order valence-corrected chi connectivity index (χ1v) is 5.31. The molecule has 2 N–H and O–H groups in total. The number of hydrogen-bond donors (Lipinski definition) is 2. The van der Waals surface area contributed by atoms with Crippen LogP contribution in [0.5, 0.6) is 0 Å². The Hall–Kier alpha value is -1.91. The second kappa shape index (κ2) is 4.95. The number of amides is 1. The average molecular weight is 236 g/mol. The predicted molar refractivity (Wildman–Crippen MR) is 62.2 cm³/mol. The van der Waals surface area contributed by atoms with Gasteiger partial charge in [-0.2, -0.15) is 0 Å². The van der Waals surface area contributed by atoms with Crippen molar-refractivity contribution < 1.29 is 14.7 Å². The lowest BCUT2D eigenvalue weighted by Gasteiger charge is -2.21. The minimum Gasteiger partial charge on any atom is -0.480 e. The van der Waals surface area contributed by atoms with Gasteiger partial charge in [-0.15, -0.1) is 0 Å². The minimum absolute atomic E-state index is 0.317. The second-order valence-electron chi connectivity index (χ2n) is 4.38. The van der Waals surface area contributed by atoms with E-state index in [9.17, 15) is 9.59 Å². The Bertz CT molecular complexity index is 415. The van der Waals surface area contributed by atoms with E-state index in [-0.39, 0.29) is 6.04 Å². The highest BCUT2D eigenvalue weighted by molar-refractivity contribution is 6.01. The normalized spacial score (nSPS) is 12.9. The summed E-state index contributed by atoms with van der Waals surface area (Å²) in [5.74, 6) is -1.67. The monoisotopic (exact) mass is 236 g/mol. The second-order valence-corrected chi connectivity index (χ2v) is 4.38. The van der Waals surface area contributed by atoms with Crippen LogP contribution in [0.15, 0.2) is 24.4 Å². The molecule has 5 heteroatoms. The van der Waals surface area contributed by atoms with Crippen LogP contribution in [-0.2, 0) is 9.59 Å². The number of carbonyl (C=O) groups is 2. The molecule has 0 aliphatic heterocycles. The van der Waals surface area contributed by atoms with Crippen molar-refractivity contribution in [1.29, 1.82) is 0 Å². The van der Waals surface area contributed by atoms with Gasteiger partial charge in [0.2, 0.25) is 5.91 Å². The van der Waals surface area contributed by atoms with Gasteiger partial charge in [0.05, 0.1) is 11.7 Å². The van der Waals surface area contributed by atoms with E-state index in [1.165, 1.54) is 13.8 Å². The molecule has 1 rings (SSSR count). The molecule has 0 aliphatic rings. The van der Waals surface area contributed by atoms with E-state index in [4.69, 9.17) is 5.11 Å². The summed E-state index contributed by atoms with van der Waals surface area (Å²) in [7, 11) is 0. The number of carboxylic acids is 1. The van der Waals surface area contributed by atoms with Crippen LogP contribution in [0.25, 0.3) is 0 Å². The average Bonchev–Trinajstić information content (AvgIpc) is 2.29. The number of nitrogens with zero attached hydrogens (tertiary/aromatic N) is 1. The Balaban J connectivity index is 2.74.